The summed E-state index contributed by atoms with van der Waals surface area (Å²) in [6.07, 6.45) is 5.53. The molecule has 230 valence electrons. The van der Waals surface area contributed by atoms with E-state index in [1.807, 2.05) is 11.5 Å². The lowest BCUT2D eigenvalue weighted by atomic mass is 10.1. The minimum Gasteiger partial charge on any atom is -0.491 e. The monoisotopic (exact) mass is 646 g/mol. The van der Waals surface area contributed by atoms with Crippen molar-refractivity contribution >= 4 is 23.2 Å². The van der Waals surface area contributed by atoms with E-state index in [2.05, 4.69) is 24.6 Å². The molecule has 0 N–H and O–H groups in total. The fraction of sp³-hybridized carbons (Fsp3) is 0.296. The van der Waals surface area contributed by atoms with Crippen LogP contribution in [0.15, 0.2) is 61.2 Å². The van der Waals surface area contributed by atoms with Crippen molar-refractivity contribution in [1.82, 2.24) is 19.5 Å². The largest absolute Gasteiger partial charge is 0.491 e. The third-order valence-electron chi connectivity index (χ3n) is 6.40. The number of nitrogens with zero attached hydrogens (tertiary/aromatic N) is 6. The highest BCUT2D eigenvalue weighted by molar-refractivity contribution is 6.35. The molecule has 0 saturated carbocycles. The summed E-state index contributed by atoms with van der Waals surface area (Å²) in [6.45, 7) is 2.44. The van der Waals surface area contributed by atoms with Crippen LogP contribution in [0.4, 0.5) is 0 Å². The minimum atomic E-state index is -1.22. The van der Waals surface area contributed by atoms with Crippen molar-refractivity contribution in [2.24, 2.45) is 0 Å². The van der Waals surface area contributed by atoms with E-state index < -0.39 is 33.7 Å². The first-order chi connectivity index (χ1) is 21.2. The van der Waals surface area contributed by atoms with Gasteiger partial charge in [-0.1, -0.05) is 36.2 Å². The summed E-state index contributed by atoms with van der Waals surface area (Å²) in [6, 6.07) is 11.4. The number of hydrogen-bond donors (Lipinski definition) is 0. The second-order valence-corrected chi connectivity index (χ2v) is 10.3. The van der Waals surface area contributed by atoms with E-state index in [-0.39, 0.29) is 31.3 Å². The van der Waals surface area contributed by atoms with Gasteiger partial charge in [-0.15, -0.1) is 20.2 Å². The molecular weight excluding hydrogens is 623 g/mol. The maximum Gasteiger partial charge on any atom is 0.301 e. The molecule has 1 saturated heterocycles. The smallest absolute Gasteiger partial charge is 0.301 e. The number of rotatable bonds is 13. The molecule has 0 bridgehead atoms. The highest BCUT2D eigenvalue weighted by Crippen LogP contribution is 2.41. The minimum absolute atomic E-state index is 0.0554. The molecular formula is C27H24Cl2N6O9. The second-order valence-electron chi connectivity index (χ2n) is 9.50. The predicted octanol–water partition coefficient (Wildman–Crippen LogP) is 5.09. The summed E-state index contributed by atoms with van der Waals surface area (Å²) in [5.74, 6) is -1.88. The Balaban J connectivity index is 1.34. The first kappa shape index (κ1) is 30.9. The summed E-state index contributed by atoms with van der Waals surface area (Å²) in [7, 11) is 0. The molecule has 44 heavy (non-hydrogen) atoms. The second kappa shape index (κ2) is 13.4. The molecule has 1 aliphatic heterocycles. The zero-order valence-electron chi connectivity index (χ0n) is 23.0. The molecule has 1 aliphatic rings. The molecule has 1 fully saturated rings. The van der Waals surface area contributed by atoms with Crippen LogP contribution in [-0.2, 0) is 28.2 Å². The Bertz CT molecular complexity index is 1640. The summed E-state index contributed by atoms with van der Waals surface area (Å²) < 4.78 is 20.4. The van der Waals surface area contributed by atoms with Gasteiger partial charge >= 0.3 is 5.09 Å². The van der Waals surface area contributed by atoms with Gasteiger partial charge in [0.05, 0.1) is 24.5 Å². The highest BCUT2D eigenvalue weighted by Gasteiger charge is 2.45. The van der Waals surface area contributed by atoms with Crippen molar-refractivity contribution in [3.05, 3.63) is 103 Å². The van der Waals surface area contributed by atoms with Crippen LogP contribution in [0, 0.1) is 20.2 Å². The van der Waals surface area contributed by atoms with E-state index in [0.717, 1.165) is 0 Å². The van der Waals surface area contributed by atoms with Gasteiger partial charge in [0, 0.05) is 35.0 Å². The third kappa shape index (κ3) is 7.14. The fourth-order valence-electron chi connectivity index (χ4n) is 4.57. The lowest BCUT2D eigenvalue weighted by Crippen LogP contribution is -2.34. The zero-order valence-corrected chi connectivity index (χ0v) is 24.5. The molecule has 0 spiro atoms. The van der Waals surface area contributed by atoms with Crippen molar-refractivity contribution < 1.29 is 34.1 Å². The molecule has 2 unspecified atom stereocenters. The average Bonchev–Trinajstić information content (AvgIpc) is 3.64. The van der Waals surface area contributed by atoms with Crippen molar-refractivity contribution in [3.8, 4) is 28.6 Å². The van der Waals surface area contributed by atoms with E-state index in [4.69, 9.17) is 37.4 Å². The van der Waals surface area contributed by atoms with Crippen molar-refractivity contribution in [2.45, 2.75) is 38.2 Å². The van der Waals surface area contributed by atoms with Gasteiger partial charge in [0.15, 0.2) is 5.75 Å². The average molecular weight is 647 g/mol. The molecule has 0 aliphatic carbocycles. The lowest BCUT2D eigenvalue weighted by Gasteiger charge is -2.30. The van der Waals surface area contributed by atoms with E-state index in [0.29, 0.717) is 39.8 Å². The van der Waals surface area contributed by atoms with Crippen LogP contribution in [-0.4, -0.2) is 49.0 Å². The molecule has 0 amide bonds. The van der Waals surface area contributed by atoms with Gasteiger partial charge in [-0.25, -0.2) is 15.0 Å². The van der Waals surface area contributed by atoms with Crippen LogP contribution in [0.3, 0.4) is 0 Å². The molecule has 2 aromatic carbocycles. The maximum absolute atomic E-state index is 11.2. The van der Waals surface area contributed by atoms with E-state index >= 15 is 0 Å². The molecule has 0 radical (unpaired) electrons. The van der Waals surface area contributed by atoms with Gasteiger partial charge in [0.2, 0.25) is 11.7 Å². The summed E-state index contributed by atoms with van der Waals surface area (Å²) in [5, 5.41) is 20.8. The quantitative estimate of drug-likeness (QED) is 0.139. The molecule has 5 rings (SSSR count). The Kier molecular flexibility index (Phi) is 9.39. The van der Waals surface area contributed by atoms with E-state index in [1.165, 1.54) is 0 Å². The molecule has 4 aromatic rings. The maximum atomic E-state index is 11.2. The number of imidazole rings is 1. The number of benzene rings is 2. The van der Waals surface area contributed by atoms with Gasteiger partial charge in [0.1, 0.15) is 30.0 Å². The molecule has 2 atom stereocenters. The Hall–Kier alpha value is -4.57. The number of ether oxygens (including phenoxy) is 3. The van der Waals surface area contributed by atoms with Gasteiger partial charge in [-0.3, -0.25) is 9.68 Å². The molecule has 3 heterocycles. The Morgan fingerprint density at radius 1 is 1.09 bits per heavy atom. The van der Waals surface area contributed by atoms with Crippen LogP contribution in [0.2, 0.25) is 10.0 Å². The zero-order chi connectivity index (χ0) is 31.3. The van der Waals surface area contributed by atoms with Crippen molar-refractivity contribution in [2.75, 3.05) is 13.2 Å². The van der Waals surface area contributed by atoms with Gasteiger partial charge < -0.3 is 18.8 Å². The van der Waals surface area contributed by atoms with Crippen LogP contribution >= 0.6 is 23.2 Å². The van der Waals surface area contributed by atoms with Crippen molar-refractivity contribution in [1.29, 1.82) is 0 Å². The molecule has 15 nitrogen and oxygen atoms in total. The molecule has 2 aromatic heterocycles. The number of aromatic nitrogens is 4. The van der Waals surface area contributed by atoms with E-state index in [1.54, 1.807) is 61.2 Å². The first-order valence-electron chi connectivity index (χ1n) is 13.2. The van der Waals surface area contributed by atoms with Crippen LogP contribution in [0.5, 0.6) is 17.4 Å². The van der Waals surface area contributed by atoms with Crippen molar-refractivity contribution in [3.63, 3.8) is 0 Å². The summed E-state index contributed by atoms with van der Waals surface area (Å²) in [5.41, 5.74) is 0.893. The van der Waals surface area contributed by atoms with Crippen LogP contribution < -0.4 is 14.4 Å². The highest BCUT2D eigenvalue weighted by atomic mass is 35.5. The van der Waals surface area contributed by atoms with Crippen LogP contribution in [0.25, 0.3) is 11.3 Å². The Morgan fingerprint density at radius 2 is 1.86 bits per heavy atom. The fourth-order valence-corrected chi connectivity index (χ4v) is 5.12. The Morgan fingerprint density at radius 3 is 2.52 bits per heavy atom. The standard InChI is InChI=1S/C27H24Cl2N6O9/c1-2-3-23-31-24(25(43-34(36)37)26(32-23)44-35(38)39)17-4-7-19(8-5-17)40-13-20-14-41-27(42-20,15-33-11-10-30-16-33)21-9-6-18(28)12-22(21)29/h4-12,16,20H,2-3,13-15H2,1H3. The topological polar surface area (TPSA) is 176 Å². The lowest BCUT2D eigenvalue weighted by molar-refractivity contribution is -0.722. The molecule has 17 heteroatoms. The van der Waals surface area contributed by atoms with Crippen LogP contribution in [0.1, 0.15) is 24.7 Å². The van der Waals surface area contributed by atoms with Gasteiger partial charge in [-0.2, -0.15) is 0 Å². The SMILES string of the molecule is CCCc1nc(O[N+](=O)[O-])c(O[N+](=O)[O-])c(-c2ccc(OCC3COC(Cn4ccnc4)(c4ccc(Cl)cc4Cl)O3)cc2)n1. The van der Waals surface area contributed by atoms with E-state index in [9.17, 15) is 20.2 Å². The summed E-state index contributed by atoms with van der Waals surface area (Å²) >= 11 is 12.6. The first-order valence-corrected chi connectivity index (χ1v) is 13.9. The number of aryl methyl sites for hydroxylation is 1. The normalized spacial score (nSPS) is 17.8. The number of hydrogen-bond acceptors (Lipinski definition) is 12. The summed E-state index contributed by atoms with van der Waals surface area (Å²) in [4.78, 5) is 43.6. The van der Waals surface area contributed by atoms with Gasteiger partial charge in [0.25, 0.3) is 5.09 Å². The predicted molar refractivity (Wildman–Crippen MR) is 153 cm³/mol. The number of halogens is 2. The van der Waals surface area contributed by atoms with Gasteiger partial charge in [-0.05, 0) is 42.8 Å². The third-order valence-corrected chi connectivity index (χ3v) is 6.94. The Labute approximate surface area is 259 Å².